The molecule has 0 bridgehead atoms. The molecule has 26 heavy (non-hydrogen) atoms. The van der Waals surface area contributed by atoms with E-state index in [1.54, 1.807) is 28.3 Å². The minimum atomic E-state index is -0.872. The lowest BCUT2D eigenvalue weighted by Crippen LogP contribution is -2.25. The van der Waals surface area contributed by atoms with Crippen LogP contribution in [0.4, 0.5) is 0 Å². The summed E-state index contributed by atoms with van der Waals surface area (Å²) in [6, 6.07) is 5.79. The lowest BCUT2D eigenvalue weighted by molar-refractivity contribution is -0.137. The largest absolute Gasteiger partial charge is 0.481 e. The molecule has 7 nitrogen and oxygen atoms in total. The molecule has 3 rings (SSSR count). The van der Waals surface area contributed by atoms with Crippen LogP contribution in [0.25, 0.3) is 21.6 Å². The first-order chi connectivity index (χ1) is 12.5. The Labute approximate surface area is 154 Å². The summed E-state index contributed by atoms with van der Waals surface area (Å²) < 4.78 is 1.80. The summed E-state index contributed by atoms with van der Waals surface area (Å²) in [6.07, 6.45) is 2.07. The number of carboxylic acid groups (broad SMARTS) is 1. The van der Waals surface area contributed by atoms with Crippen molar-refractivity contribution in [1.29, 1.82) is 0 Å². The van der Waals surface area contributed by atoms with Gasteiger partial charge in [0.15, 0.2) is 5.65 Å². The standard InChI is InChI=1S/C18H20N4O3S/c1-11(2)22-17-13(10-20-22)12(18(25)19-7-3-6-16(23)24)9-14(21-17)15-5-4-8-26-15/h4-5,8-11H,3,6-7H2,1-2H3,(H,19,25)(H,23,24). The van der Waals surface area contributed by atoms with E-state index in [1.165, 1.54) is 0 Å². The molecular weight excluding hydrogens is 352 g/mol. The Morgan fingerprint density at radius 1 is 1.38 bits per heavy atom. The van der Waals surface area contributed by atoms with Gasteiger partial charge in [0.05, 0.1) is 27.7 Å². The highest BCUT2D eigenvalue weighted by Gasteiger charge is 2.18. The van der Waals surface area contributed by atoms with Crippen LogP contribution in [-0.4, -0.2) is 38.3 Å². The highest BCUT2D eigenvalue weighted by Crippen LogP contribution is 2.28. The molecule has 0 spiro atoms. The number of nitrogens with zero attached hydrogens (tertiary/aromatic N) is 3. The summed E-state index contributed by atoms with van der Waals surface area (Å²) in [6.45, 7) is 4.33. The van der Waals surface area contributed by atoms with Crippen molar-refractivity contribution < 1.29 is 14.7 Å². The van der Waals surface area contributed by atoms with Gasteiger partial charge in [0.2, 0.25) is 0 Å². The number of aliphatic carboxylic acids is 1. The monoisotopic (exact) mass is 372 g/mol. The Balaban J connectivity index is 1.97. The summed E-state index contributed by atoms with van der Waals surface area (Å²) in [5.41, 5.74) is 1.90. The van der Waals surface area contributed by atoms with Crippen molar-refractivity contribution in [2.45, 2.75) is 32.7 Å². The molecule has 0 fully saturated rings. The van der Waals surface area contributed by atoms with Crippen molar-refractivity contribution in [3.8, 4) is 10.6 Å². The van der Waals surface area contributed by atoms with Gasteiger partial charge in [-0.1, -0.05) is 6.07 Å². The van der Waals surface area contributed by atoms with Crippen LogP contribution < -0.4 is 5.32 Å². The summed E-state index contributed by atoms with van der Waals surface area (Å²) in [5.74, 6) is -1.12. The molecule has 0 aliphatic carbocycles. The molecule has 3 heterocycles. The average Bonchev–Trinajstić information content (AvgIpc) is 3.26. The molecule has 2 N–H and O–H groups in total. The lowest BCUT2D eigenvalue weighted by Gasteiger charge is -2.10. The third-order valence-electron chi connectivity index (χ3n) is 3.93. The van der Waals surface area contributed by atoms with Crippen LogP contribution in [0.3, 0.4) is 0 Å². The number of hydrogen-bond donors (Lipinski definition) is 2. The first-order valence-corrected chi connectivity index (χ1v) is 9.27. The molecule has 0 radical (unpaired) electrons. The van der Waals surface area contributed by atoms with Gasteiger partial charge < -0.3 is 10.4 Å². The van der Waals surface area contributed by atoms with Crippen LogP contribution >= 0.6 is 11.3 Å². The maximum absolute atomic E-state index is 12.7. The maximum atomic E-state index is 12.7. The number of pyridine rings is 1. The molecule has 0 saturated heterocycles. The van der Waals surface area contributed by atoms with E-state index < -0.39 is 5.97 Å². The Morgan fingerprint density at radius 3 is 2.85 bits per heavy atom. The van der Waals surface area contributed by atoms with Crippen molar-refractivity contribution in [3.05, 3.63) is 35.3 Å². The van der Waals surface area contributed by atoms with Crippen LogP contribution in [0, 0.1) is 0 Å². The van der Waals surface area contributed by atoms with Crippen molar-refractivity contribution in [3.63, 3.8) is 0 Å². The summed E-state index contributed by atoms with van der Waals surface area (Å²) >= 11 is 1.56. The second kappa shape index (κ2) is 7.65. The predicted molar refractivity (Wildman–Crippen MR) is 100 cm³/mol. The van der Waals surface area contributed by atoms with E-state index in [0.717, 1.165) is 10.6 Å². The summed E-state index contributed by atoms with van der Waals surface area (Å²) in [7, 11) is 0. The van der Waals surface area contributed by atoms with Gasteiger partial charge in [-0.25, -0.2) is 9.67 Å². The molecule has 8 heteroatoms. The fourth-order valence-electron chi connectivity index (χ4n) is 2.67. The molecule has 0 aliphatic rings. The number of aromatic nitrogens is 3. The highest BCUT2D eigenvalue weighted by molar-refractivity contribution is 7.13. The second-order valence-electron chi connectivity index (χ2n) is 6.21. The zero-order valence-corrected chi connectivity index (χ0v) is 15.4. The molecule has 0 aromatic carbocycles. The number of hydrogen-bond acceptors (Lipinski definition) is 5. The Morgan fingerprint density at radius 2 is 2.19 bits per heavy atom. The van der Waals surface area contributed by atoms with Crippen LogP contribution in [0.2, 0.25) is 0 Å². The number of carboxylic acids is 1. The topological polar surface area (TPSA) is 97.1 Å². The summed E-state index contributed by atoms with van der Waals surface area (Å²) in [4.78, 5) is 29.0. The number of fused-ring (bicyclic) bond motifs is 1. The predicted octanol–water partition coefficient (Wildman–Crippen LogP) is 3.34. The van der Waals surface area contributed by atoms with Crippen molar-refractivity contribution in [2.24, 2.45) is 0 Å². The van der Waals surface area contributed by atoms with Gasteiger partial charge in [0.25, 0.3) is 5.91 Å². The zero-order chi connectivity index (χ0) is 18.7. The van der Waals surface area contributed by atoms with E-state index in [2.05, 4.69) is 10.4 Å². The number of carbonyl (C=O) groups is 2. The maximum Gasteiger partial charge on any atom is 0.303 e. The van der Waals surface area contributed by atoms with Gasteiger partial charge in [-0.3, -0.25) is 9.59 Å². The molecule has 3 aromatic heterocycles. The quantitative estimate of drug-likeness (QED) is 0.620. The minimum absolute atomic E-state index is 0.0256. The summed E-state index contributed by atoms with van der Waals surface area (Å²) in [5, 5.41) is 18.5. The number of amides is 1. The fraction of sp³-hybridized carbons (Fsp3) is 0.333. The minimum Gasteiger partial charge on any atom is -0.481 e. The first kappa shape index (κ1) is 18.1. The lowest BCUT2D eigenvalue weighted by atomic mass is 10.1. The number of rotatable bonds is 7. The molecule has 136 valence electrons. The SMILES string of the molecule is CC(C)n1ncc2c(C(=O)NCCCC(=O)O)cc(-c3cccs3)nc21. The number of thiophene rings is 1. The molecule has 0 aliphatic heterocycles. The normalized spacial score (nSPS) is 11.2. The van der Waals surface area contributed by atoms with Crippen molar-refractivity contribution >= 4 is 34.2 Å². The van der Waals surface area contributed by atoms with E-state index in [-0.39, 0.29) is 18.4 Å². The number of carbonyl (C=O) groups excluding carboxylic acids is 1. The van der Waals surface area contributed by atoms with Crippen LogP contribution in [0.5, 0.6) is 0 Å². The highest BCUT2D eigenvalue weighted by atomic mass is 32.1. The van der Waals surface area contributed by atoms with Gasteiger partial charge >= 0.3 is 5.97 Å². The van der Waals surface area contributed by atoms with Gasteiger partial charge in [-0.15, -0.1) is 11.3 Å². The molecule has 0 unspecified atom stereocenters. The van der Waals surface area contributed by atoms with Crippen LogP contribution in [0.15, 0.2) is 29.8 Å². The van der Waals surface area contributed by atoms with Crippen LogP contribution in [0.1, 0.15) is 43.1 Å². The van der Waals surface area contributed by atoms with Gasteiger partial charge in [-0.2, -0.15) is 5.10 Å². The van der Waals surface area contributed by atoms with E-state index >= 15 is 0 Å². The van der Waals surface area contributed by atoms with Gasteiger partial charge in [-0.05, 0) is 37.8 Å². The smallest absolute Gasteiger partial charge is 0.303 e. The molecule has 3 aromatic rings. The van der Waals surface area contributed by atoms with E-state index in [0.29, 0.717) is 29.6 Å². The van der Waals surface area contributed by atoms with Gasteiger partial charge in [0.1, 0.15) is 0 Å². The van der Waals surface area contributed by atoms with E-state index in [9.17, 15) is 9.59 Å². The average molecular weight is 372 g/mol. The second-order valence-corrected chi connectivity index (χ2v) is 7.15. The number of nitrogens with one attached hydrogen (secondary N) is 1. The Bertz CT molecular complexity index is 931. The third kappa shape index (κ3) is 3.75. The fourth-order valence-corrected chi connectivity index (χ4v) is 3.36. The Hall–Kier alpha value is -2.74. The van der Waals surface area contributed by atoms with E-state index in [1.807, 2.05) is 31.4 Å². The molecule has 0 atom stereocenters. The van der Waals surface area contributed by atoms with Crippen LogP contribution in [-0.2, 0) is 4.79 Å². The third-order valence-corrected chi connectivity index (χ3v) is 4.82. The first-order valence-electron chi connectivity index (χ1n) is 8.39. The van der Waals surface area contributed by atoms with Crippen molar-refractivity contribution in [2.75, 3.05) is 6.54 Å². The molecule has 1 amide bonds. The zero-order valence-electron chi connectivity index (χ0n) is 14.6. The van der Waals surface area contributed by atoms with E-state index in [4.69, 9.17) is 10.1 Å². The van der Waals surface area contributed by atoms with Crippen molar-refractivity contribution in [1.82, 2.24) is 20.1 Å². The molecular formula is C18H20N4O3S. The Kier molecular flexibility index (Phi) is 5.32. The molecule has 0 saturated carbocycles. The van der Waals surface area contributed by atoms with Gasteiger partial charge in [0, 0.05) is 19.0 Å².